The number of nitrogens with one attached hydrogen (secondary N) is 2. The lowest BCUT2D eigenvalue weighted by molar-refractivity contribution is 0.0696. The summed E-state index contributed by atoms with van der Waals surface area (Å²) < 4.78 is 13.4. The molecule has 1 aromatic rings. The first-order valence-electron chi connectivity index (χ1n) is 5.12. The molecule has 0 unspecified atom stereocenters. The van der Waals surface area contributed by atoms with E-state index in [0.29, 0.717) is 6.54 Å². The van der Waals surface area contributed by atoms with Crippen LogP contribution in [0, 0.1) is 5.82 Å². The van der Waals surface area contributed by atoms with Gasteiger partial charge in [-0.15, -0.1) is 0 Å². The maximum Gasteiger partial charge on any atom is 0.335 e. The highest BCUT2D eigenvalue weighted by Crippen LogP contribution is 2.15. The maximum absolute atomic E-state index is 13.4. The molecule has 6 heteroatoms. The zero-order chi connectivity index (χ0) is 12.8. The second kappa shape index (κ2) is 5.83. The zero-order valence-electron chi connectivity index (χ0n) is 9.29. The molecule has 1 rings (SSSR count). The fourth-order valence-corrected chi connectivity index (χ4v) is 1.15. The van der Waals surface area contributed by atoms with E-state index in [1.807, 2.05) is 6.92 Å². The van der Waals surface area contributed by atoms with Gasteiger partial charge in [-0.3, -0.25) is 0 Å². The predicted octanol–water partition coefficient (Wildman–Crippen LogP) is 2.06. The first-order valence-corrected chi connectivity index (χ1v) is 5.12. The van der Waals surface area contributed by atoms with Crippen LogP contribution in [0.4, 0.5) is 14.9 Å². The molecule has 17 heavy (non-hydrogen) atoms. The van der Waals surface area contributed by atoms with Crippen molar-refractivity contribution in [3.8, 4) is 0 Å². The number of rotatable bonds is 4. The molecule has 0 bridgehead atoms. The molecule has 0 atom stereocenters. The van der Waals surface area contributed by atoms with E-state index in [0.717, 1.165) is 12.5 Å². The Bertz CT molecular complexity index is 435. The fraction of sp³-hybridized carbons (Fsp3) is 0.273. The van der Waals surface area contributed by atoms with Gasteiger partial charge < -0.3 is 15.7 Å². The van der Waals surface area contributed by atoms with Crippen molar-refractivity contribution in [2.24, 2.45) is 0 Å². The second-order valence-electron chi connectivity index (χ2n) is 3.38. The molecule has 0 heterocycles. The van der Waals surface area contributed by atoms with Gasteiger partial charge >= 0.3 is 12.0 Å². The molecule has 0 radical (unpaired) electrons. The highest BCUT2D eigenvalue weighted by Gasteiger charge is 2.10. The van der Waals surface area contributed by atoms with E-state index >= 15 is 0 Å². The van der Waals surface area contributed by atoms with Crippen molar-refractivity contribution in [3.05, 3.63) is 29.6 Å². The number of urea groups is 1. The third-order valence-corrected chi connectivity index (χ3v) is 2.00. The van der Waals surface area contributed by atoms with Crippen LogP contribution < -0.4 is 10.6 Å². The molecule has 0 aromatic heterocycles. The Balaban J connectivity index is 2.72. The number of amides is 2. The molecule has 2 amide bonds. The normalized spacial score (nSPS) is 9.76. The van der Waals surface area contributed by atoms with E-state index < -0.39 is 17.8 Å². The van der Waals surface area contributed by atoms with Crippen LogP contribution in [-0.2, 0) is 0 Å². The Labute approximate surface area is 97.6 Å². The lowest BCUT2D eigenvalue weighted by Crippen LogP contribution is -2.29. The number of carboxylic acids is 1. The van der Waals surface area contributed by atoms with Gasteiger partial charge in [0, 0.05) is 6.54 Å². The SMILES string of the molecule is CCCNC(=O)Nc1ccc(C(=O)O)cc1F. The minimum Gasteiger partial charge on any atom is -0.478 e. The summed E-state index contributed by atoms with van der Waals surface area (Å²) in [4.78, 5) is 21.8. The van der Waals surface area contributed by atoms with E-state index in [1.54, 1.807) is 0 Å². The van der Waals surface area contributed by atoms with E-state index in [-0.39, 0.29) is 11.3 Å². The number of hydrogen-bond acceptors (Lipinski definition) is 2. The third kappa shape index (κ3) is 3.75. The molecular weight excluding hydrogens is 227 g/mol. The average molecular weight is 240 g/mol. The third-order valence-electron chi connectivity index (χ3n) is 2.00. The Hall–Kier alpha value is -2.11. The lowest BCUT2D eigenvalue weighted by atomic mass is 10.2. The molecule has 0 spiro atoms. The molecule has 3 N–H and O–H groups in total. The smallest absolute Gasteiger partial charge is 0.335 e. The van der Waals surface area contributed by atoms with Crippen LogP contribution >= 0.6 is 0 Å². The van der Waals surface area contributed by atoms with Crippen LogP contribution in [0.3, 0.4) is 0 Å². The molecule has 0 aliphatic heterocycles. The lowest BCUT2D eigenvalue weighted by Gasteiger charge is -2.07. The summed E-state index contributed by atoms with van der Waals surface area (Å²) in [7, 11) is 0. The van der Waals surface area contributed by atoms with E-state index in [4.69, 9.17) is 5.11 Å². The summed E-state index contributed by atoms with van der Waals surface area (Å²) in [5.74, 6) is -2.00. The summed E-state index contributed by atoms with van der Waals surface area (Å²) in [5.41, 5.74) is -0.217. The zero-order valence-corrected chi connectivity index (χ0v) is 9.29. The number of anilines is 1. The van der Waals surface area contributed by atoms with Crippen molar-refractivity contribution in [2.75, 3.05) is 11.9 Å². The highest BCUT2D eigenvalue weighted by molar-refractivity contribution is 5.91. The fourth-order valence-electron chi connectivity index (χ4n) is 1.15. The number of aromatic carboxylic acids is 1. The maximum atomic E-state index is 13.4. The van der Waals surface area contributed by atoms with Crippen molar-refractivity contribution in [1.82, 2.24) is 5.32 Å². The van der Waals surface area contributed by atoms with E-state index in [9.17, 15) is 14.0 Å². The minimum absolute atomic E-state index is 0.0522. The first kappa shape index (κ1) is 13.0. The monoisotopic (exact) mass is 240 g/mol. The van der Waals surface area contributed by atoms with Gasteiger partial charge in [-0.1, -0.05) is 6.92 Å². The van der Waals surface area contributed by atoms with Crippen molar-refractivity contribution >= 4 is 17.7 Å². The summed E-state index contributed by atoms with van der Waals surface area (Å²) in [6.45, 7) is 2.38. The standard InChI is InChI=1S/C11H13FN2O3/c1-2-5-13-11(17)14-9-4-3-7(10(15)16)6-8(9)12/h3-4,6H,2,5H2,1H3,(H,15,16)(H2,13,14,17). The molecular formula is C11H13FN2O3. The van der Waals surface area contributed by atoms with Gasteiger partial charge in [-0.25, -0.2) is 14.0 Å². The average Bonchev–Trinajstić information content (AvgIpc) is 2.28. The van der Waals surface area contributed by atoms with Crippen LogP contribution in [0.5, 0.6) is 0 Å². The van der Waals surface area contributed by atoms with Gasteiger partial charge in [0.15, 0.2) is 0 Å². The second-order valence-corrected chi connectivity index (χ2v) is 3.38. The van der Waals surface area contributed by atoms with Crippen LogP contribution in [0.15, 0.2) is 18.2 Å². The van der Waals surface area contributed by atoms with Crippen molar-refractivity contribution in [2.45, 2.75) is 13.3 Å². The van der Waals surface area contributed by atoms with Crippen molar-refractivity contribution in [1.29, 1.82) is 0 Å². The molecule has 0 fully saturated rings. The van der Waals surface area contributed by atoms with E-state index in [1.165, 1.54) is 12.1 Å². The quantitative estimate of drug-likeness (QED) is 0.753. The summed E-state index contributed by atoms with van der Waals surface area (Å²) in [6, 6.07) is 2.77. The minimum atomic E-state index is -1.22. The number of carboxylic acid groups (broad SMARTS) is 1. The summed E-state index contributed by atoms with van der Waals surface area (Å²) >= 11 is 0. The van der Waals surface area contributed by atoms with Gasteiger partial charge in [-0.05, 0) is 24.6 Å². The summed E-state index contributed by atoms with van der Waals surface area (Å²) in [6.07, 6.45) is 0.772. The van der Waals surface area contributed by atoms with Crippen LogP contribution in [0.1, 0.15) is 23.7 Å². The Morgan fingerprint density at radius 2 is 2.12 bits per heavy atom. The molecule has 1 aromatic carbocycles. The van der Waals surface area contributed by atoms with Gasteiger partial charge in [-0.2, -0.15) is 0 Å². The van der Waals surface area contributed by atoms with Crippen LogP contribution in [-0.4, -0.2) is 23.7 Å². The molecule has 0 aliphatic carbocycles. The largest absolute Gasteiger partial charge is 0.478 e. The van der Waals surface area contributed by atoms with Crippen molar-refractivity contribution < 1.29 is 19.1 Å². The molecule has 5 nitrogen and oxygen atoms in total. The van der Waals surface area contributed by atoms with Crippen LogP contribution in [0.2, 0.25) is 0 Å². The van der Waals surface area contributed by atoms with Crippen molar-refractivity contribution in [3.63, 3.8) is 0 Å². The Morgan fingerprint density at radius 3 is 2.65 bits per heavy atom. The Morgan fingerprint density at radius 1 is 1.41 bits per heavy atom. The number of benzene rings is 1. The molecule has 0 saturated heterocycles. The topological polar surface area (TPSA) is 78.4 Å². The Kier molecular flexibility index (Phi) is 4.45. The number of carbonyl (C=O) groups is 2. The number of halogens is 1. The van der Waals surface area contributed by atoms with Gasteiger partial charge in [0.1, 0.15) is 5.82 Å². The van der Waals surface area contributed by atoms with Gasteiger partial charge in [0.05, 0.1) is 11.3 Å². The van der Waals surface area contributed by atoms with Gasteiger partial charge in [0.25, 0.3) is 0 Å². The van der Waals surface area contributed by atoms with Gasteiger partial charge in [0.2, 0.25) is 0 Å². The number of hydrogen-bond donors (Lipinski definition) is 3. The molecule has 0 aliphatic rings. The van der Waals surface area contributed by atoms with E-state index in [2.05, 4.69) is 10.6 Å². The number of carbonyl (C=O) groups excluding carboxylic acids is 1. The predicted molar refractivity (Wildman–Crippen MR) is 60.7 cm³/mol. The first-order chi connectivity index (χ1) is 8.04. The molecule has 0 saturated carbocycles. The highest BCUT2D eigenvalue weighted by atomic mass is 19.1. The molecule has 92 valence electrons. The van der Waals surface area contributed by atoms with Crippen LogP contribution in [0.25, 0.3) is 0 Å². The summed E-state index contributed by atoms with van der Waals surface area (Å²) in [5, 5.41) is 13.4.